The lowest BCUT2D eigenvalue weighted by Crippen LogP contribution is -2.10. The van der Waals surface area contributed by atoms with Crippen LogP contribution in [-0.2, 0) is 0 Å². The van der Waals surface area contributed by atoms with Gasteiger partial charge in [-0.05, 0) is 82.2 Å². The van der Waals surface area contributed by atoms with Crippen molar-refractivity contribution in [2.75, 3.05) is 4.90 Å². The average molecular weight is 618 g/mol. The van der Waals surface area contributed by atoms with Gasteiger partial charge in [0.1, 0.15) is 0 Å². The molecule has 2 nitrogen and oxygen atoms in total. The van der Waals surface area contributed by atoms with Crippen LogP contribution in [0.3, 0.4) is 0 Å². The number of para-hydroxylation sites is 2. The number of anilines is 3. The Hall–Kier alpha value is -6.38. The molecule has 0 saturated heterocycles. The van der Waals surface area contributed by atoms with E-state index in [1.165, 1.54) is 0 Å². The molecule has 0 N–H and O–H groups in total. The van der Waals surface area contributed by atoms with Crippen LogP contribution in [0, 0.1) is 0 Å². The normalized spacial score (nSPS) is 12.8. The molecule has 0 aliphatic rings. The van der Waals surface area contributed by atoms with E-state index < -0.39 is 6.04 Å². The summed E-state index contributed by atoms with van der Waals surface area (Å²) in [5, 5.41) is 3.74. The van der Waals surface area contributed by atoms with Gasteiger partial charge >= 0.3 is 0 Å². The lowest BCUT2D eigenvalue weighted by molar-refractivity contribution is 1.19. The minimum atomic E-state index is -0.413. The van der Waals surface area contributed by atoms with Crippen molar-refractivity contribution in [2.45, 2.75) is 0 Å². The first-order valence-corrected chi connectivity index (χ1v) is 16.0. The number of aromatic nitrogens is 1. The number of benzene rings is 8. The maximum Gasteiger partial charge on any atom is 0.0645 e. The van der Waals surface area contributed by atoms with Gasteiger partial charge < -0.3 is 9.47 Å². The summed E-state index contributed by atoms with van der Waals surface area (Å²) in [6.07, 6.45) is 0. The van der Waals surface area contributed by atoms with E-state index >= 15 is 0 Å². The van der Waals surface area contributed by atoms with Gasteiger partial charge in [-0.25, -0.2) is 0 Å². The van der Waals surface area contributed by atoms with Crippen LogP contribution in [0.15, 0.2) is 194 Å². The predicted octanol–water partition coefficient (Wildman–Crippen LogP) is 12.7. The zero-order valence-corrected chi connectivity index (χ0v) is 26.0. The molecule has 48 heavy (non-hydrogen) atoms. The summed E-state index contributed by atoms with van der Waals surface area (Å²) >= 11 is 0. The summed E-state index contributed by atoms with van der Waals surface area (Å²) in [5.41, 5.74) is 9.09. The summed E-state index contributed by atoms with van der Waals surface area (Å²) < 4.78 is 45.1. The maximum atomic E-state index is 8.96. The molecular weight excluding hydrogens is 581 g/mol. The van der Waals surface area contributed by atoms with Crippen LogP contribution in [0.2, 0.25) is 0 Å². The molecule has 0 saturated carbocycles. The third kappa shape index (κ3) is 4.83. The van der Waals surface area contributed by atoms with E-state index in [1.54, 1.807) is 0 Å². The van der Waals surface area contributed by atoms with Gasteiger partial charge in [0.2, 0.25) is 0 Å². The molecule has 0 aliphatic carbocycles. The van der Waals surface area contributed by atoms with E-state index in [0.717, 1.165) is 71.9 Å². The molecule has 0 atom stereocenters. The molecule has 0 radical (unpaired) electrons. The summed E-state index contributed by atoms with van der Waals surface area (Å²) in [7, 11) is 0. The Morgan fingerprint density at radius 1 is 0.417 bits per heavy atom. The Morgan fingerprint density at radius 2 is 0.938 bits per heavy atom. The van der Waals surface area contributed by atoms with Crippen molar-refractivity contribution in [1.82, 2.24) is 4.57 Å². The topological polar surface area (TPSA) is 8.17 Å². The molecule has 0 amide bonds. The van der Waals surface area contributed by atoms with Gasteiger partial charge in [0.15, 0.2) is 0 Å². The fourth-order valence-corrected chi connectivity index (χ4v) is 6.81. The first kappa shape index (κ1) is 23.0. The van der Waals surface area contributed by atoms with Gasteiger partial charge in [-0.2, -0.15) is 0 Å². The van der Waals surface area contributed by atoms with E-state index in [2.05, 4.69) is 108 Å². The number of hydrogen-bond donors (Lipinski definition) is 0. The van der Waals surface area contributed by atoms with Crippen molar-refractivity contribution >= 4 is 49.6 Å². The van der Waals surface area contributed by atoms with Gasteiger partial charge in [-0.3, -0.25) is 0 Å². The van der Waals surface area contributed by atoms with Crippen molar-refractivity contribution in [1.29, 1.82) is 0 Å². The van der Waals surface area contributed by atoms with Crippen molar-refractivity contribution in [3.05, 3.63) is 194 Å². The van der Waals surface area contributed by atoms with Gasteiger partial charge in [0.05, 0.1) is 17.9 Å². The second-order valence-corrected chi connectivity index (χ2v) is 11.9. The Balaban J connectivity index is 1.29. The highest BCUT2D eigenvalue weighted by atomic mass is 15.1. The van der Waals surface area contributed by atoms with Crippen LogP contribution in [-0.4, -0.2) is 4.57 Å². The highest BCUT2D eigenvalue weighted by Crippen LogP contribution is 2.41. The Bertz CT molecular complexity index is 2700. The lowest BCUT2D eigenvalue weighted by atomic mass is 10.0. The molecule has 0 unspecified atom stereocenters. The van der Waals surface area contributed by atoms with Crippen molar-refractivity contribution in [3.8, 4) is 27.9 Å². The SMILES string of the molecule is [2H]c1c([2H])c([2H])c(-n2c3ccccc3c3ccc4ccc(N(c5ccc(-c6ccccc6)cc5)c5ccc(-c6ccccc6)cc5)cc4c32)c([2H])c1[2H]. The highest BCUT2D eigenvalue weighted by Gasteiger charge is 2.18. The summed E-state index contributed by atoms with van der Waals surface area (Å²) in [6.45, 7) is 0. The van der Waals surface area contributed by atoms with Crippen LogP contribution >= 0.6 is 0 Å². The third-order valence-electron chi connectivity index (χ3n) is 9.07. The van der Waals surface area contributed by atoms with E-state index in [9.17, 15) is 0 Å². The molecule has 2 heteroatoms. The zero-order chi connectivity index (χ0) is 36.2. The van der Waals surface area contributed by atoms with Gasteiger partial charge in [0, 0.05) is 38.9 Å². The van der Waals surface area contributed by atoms with Crippen LogP contribution in [0.5, 0.6) is 0 Å². The van der Waals surface area contributed by atoms with Gasteiger partial charge in [-0.15, -0.1) is 0 Å². The first-order chi connectivity index (χ1) is 25.9. The Morgan fingerprint density at radius 3 is 1.56 bits per heavy atom. The van der Waals surface area contributed by atoms with Crippen LogP contribution in [0.4, 0.5) is 17.1 Å². The molecule has 9 aromatic rings. The Kier molecular flexibility index (Phi) is 5.64. The fraction of sp³-hybridized carbons (Fsp3) is 0. The van der Waals surface area contributed by atoms with Crippen LogP contribution in [0.1, 0.15) is 6.85 Å². The molecule has 0 spiro atoms. The van der Waals surface area contributed by atoms with Crippen LogP contribution < -0.4 is 4.90 Å². The molecular formula is C46H32N2. The first-order valence-electron chi connectivity index (χ1n) is 18.5. The van der Waals surface area contributed by atoms with Gasteiger partial charge in [0.25, 0.3) is 0 Å². The molecule has 1 aromatic heterocycles. The number of fused-ring (bicyclic) bond motifs is 5. The second-order valence-electron chi connectivity index (χ2n) is 11.9. The van der Waals surface area contributed by atoms with Crippen molar-refractivity contribution in [2.24, 2.45) is 0 Å². The van der Waals surface area contributed by atoms with Crippen molar-refractivity contribution < 1.29 is 6.85 Å². The predicted molar refractivity (Wildman–Crippen MR) is 204 cm³/mol. The summed E-state index contributed by atoms with van der Waals surface area (Å²) in [6, 6.07) is 54.5. The largest absolute Gasteiger partial charge is 0.310 e. The molecule has 9 rings (SSSR count). The monoisotopic (exact) mass is 617 g/mol. The van der Waals surface area contributed by atoms with E-state index in [1.807, 2.05) is 65.2 Å². The Labute approximate surface area is 287 Å². The minimum absolute atomic E-state index is 0.130. The zero-order valence-electron chi connectivity index (χ0n) is 31.0. The lowest BCUT2D eigenvalue weighted by Gasteiger charge is -2.26. The number of nitrogens with zero attached hydrogens (tertiary/aromatic N) is 2. The summed E-state index contributed by atoms with van der Waals surface area (Å²) in [4.78, 5) is 2.24. The molecule has 0 bridgehead atoms. The molecule has 0 aliphatic heterocycles. The van der Waals surface area contributed by atoms with E-state index in [-0.39, 0.29) is 29.9 Å². The fourth-order valence-electron chi connectivity index (χ4n) is 6.81. The molecule has 1 heterocycles. The van der Waals surface area contributed by atoms with Crippen LogP contribution in [0.25, 0.3) is 60.5 Å². The van der Waals surface area contributed by atoms with Gasteiger partial charge in [-0.1, -0.05) is 139 Å². The average Bonchev–Trinajstić information content (AvgIpc) is 3.55. The summed E-state index contributed by atoms with van der Waals surface area (Å²) in [5.74, 6) is 0. The van der Waals surface area contributed by atoms with E-state index in [4.69, 9.17) is 6.85 Å². The quantitative estimate of drug-likeness (QED) is 0.180. The maximum absolute atomic E-state index is 8.96. The highest BCUT2D eigenvalue weighted by molar-refractivity contribution is 6.19. The number of rotatable bonds is 6. The molecule has 0 fully saturated rings. The minimum Gasteiger partial charge on any atom is -0.310 e. The number of hydrogen-bond acceptors (Lipinski definition) is 1. The molecule has 226 valence electrons. The smallest absolute Gasteiger partial charge is 0.0645 e. The van der Waals surface area contributed by atoms with Crippen molar-refractivity contribution in [3.63, 3.8) is 0 Å². The van der Waals surface area contributed by atoms with E-state index in [0.29, 0.717) is 0 Å². The standard InChI is InChI=1S/C46H32N2/c1-4-12-33(13-5-1)35-20-26-39(27-21-35)47(40-28-22-36(23-29-40)34-14-6-2-7-15-34)41-30-24-37-25-31-43-42-18-10-11-19-45(42)48(46(43)44(37)32-41)38-16-8-3-9-17-38/h1-32H/i3D,8D,9D,16D,17D. The second kappa shape index (κ2) is 11.8. The molecule has 8 aromatic carbocycles. The third-order valence-corrected chi connectivity index (χ3v) is 9.07.